The molecule has 0 bridgehead atoms. The molecular weight excluding hydrogens is 332 g/mol. The van der Waals surface area contributed by atoms with Gasteiger partial charge in [-0.25, -0.2) is 0 Å². The van der Waals surface area contributed by atoms with Crippen LogP contribution in [0.25, 0.3) is 0 Å². The molecule has 0 radical (unpaired) electrons. The molecule has 1 amide bonds. The standard InChI is InChI=1S/C17H17ClN2O2S/c1-19-10-13(4-7-16(19)21)17(22)20-8-9-23-11-15(20)12-2-5-14(18)6-3-12/h2-7,10,15H,8-9,11H2,1H3/t15-/m1/s1. The SMILES string of the molecule is Cn1cc(C(=O)N2CCSC[C@@H]2c2ccc(Cl)cc2)ccc1=O. The maximum absolute atomic E-state index is 12.9. The predicted molar refractivity (Wildman–Crippen MR) is 94.2 cm³/mol. The van der Waals surface area contributed by atoms with Crippen molar-refractivity contribution in [3.8, 4) is 0 Å². The maximum atomic E-state index is 12.9. The number of rotatable bonds is 2. The van der Waals surface area contributed by atoms with E-state index in [2.05, 4.69) is 0 Å². The van der Waals surface area contributed by atoms with Gasteiger partial charge in [-0.2, -0.15) is 11.8 Å². The van der Waals surface area contributed by atoms with Gasteiger partial charge in [0.2, 0.25) is 5.56 Å². The lowest BCUT2D eigenvalue weighted by Crippen LogP contribution is -2.41. The minimum absolute atomic E-state index is 0.0238. The second-order valence-corrected chi connectivity index (χ2v) is 7.09. The van der Waals surface area contributed by atoms with Gasteiger partial charge >= 0.3 is 0 Å². The molecule has 0 N–H and O–H groups in total. The van der Waals surface area contributed by atoms with Gasteiger partial charge in [0.1, 0.15) is 0 Å². The first-order chi connectivity index (χ1) is 11.1. The fraction of sp³-hybridized carbons (Fsp3) is 0.294. The Kier molecular flexibility index (Phi) is 4.78. The number of aromatic nitrogens is 1. The minimum atomic E-state index is -0.120. The van der Waals surface area contributed by atoms with E-state index < -0.39 is 0 Å². The van der Waals surface area contributed by atoms with Crippen LogP contribution in [0, 0.1) is 0 Å². The van der Waals surface area contributed by atoms with Gasteiger partial charge in [-0.15, -0.1) is 0 Å². The van der Waals surface area contributed by atoms with Crippen molar-refractivity contribution in [1.82, 2.24) is 9.47 Å². The van der Waals surface area contributed by atoms with Crippen molar-refractivity contribution < 1.29 is 4.79 Å². The molecule has 1 saturated heterocycles. The van der Waals surface area contributed by atoms with Crippen molar-refractivity contribution in [3.05, 3.63) is 69.1 Å². The summed E-state index contributed by atoms with van der Waals surface area (Å²) >= 11 is 7.80. The number of thioether (sulfide) groups is 1. The van der Waals surface area contributed by atoms with E-state index in [-0.39, 0.29) is 17.5 Å². The summed E-state index contributed by atoms with van der Waals surface area (Å²) in [6.07, 6.45) is 1.60. The highest BCUT2D eigenvalue weighted by Gasteiger charge is 2.29. The number of aryl methyl sites for hydroxylation is 1. The van der Waals surface area contributed by atoms with Crippen molar-refractivity contribution in [2.24, 2.45) is 7.05 Å². The Hall–Kier alpha value is -1.72. The lowest BCUT2D eigenvalue weighted by atomic mass is 10.1. The second-order valence-electron chi connectivity index (χ2n) is 5.51. The summed E-state index contributed by atoms with van der Waals surface area (Å²) in [5, 5.41) is 0.688. The van der Waals surface area contributed by atoms with Gasteiger partial charge in [0, 0.05) is 42.4 Å². The third-order valence-electron chi connectivity index (χ3n) is 3.98. The molecular formula is C17H17ClN2O2S. The predicted octanol–water partition coefficient (Wildman–Crippen LogP) is 2.97. The number of hydrogen-bond acceptors (Lipinski definition) is 3. The first-order valence-corrected chi connectivity index (χ1v) is 8.90. The molecule has 2 aromatic rings. The van der Waals surface area contributed by atoms with E-state index in [1.54, 1.807) is 19.3 Å². The molecule has 0 saturated carbocycles. The van der Waals surface area contributed by atoms with Gasteiger partial charge in [0.25, 0.3) is 5.91 Å². The number of hydrogen-bond donors (Lipinski definition) is 0. The molecule has 1 fully saturated rings. The molecule has 3 rings (SSSR count). The van der Waals surface area contributed by atoms with Crippen LogP contribution >= 0.6 is 23.4 Å². The zero-order valence-electron chi connectivity index (χ0n) is 12.7. The lowest BCUT2D eigenvalue weighted by molar-refractivity contribution is 0.0700. The van der Waals surface area contributed by atoms with Crippen LogP contribution < -0.4 is 5.56 Å². The molecule has 1 aliphatic heterocycles. The maximum Gasteiger partial charge on any atom is 0.255 e. The van der Waals surface area contributed by atoms with E-state index in [9.17, 15) is 9.59 Å². The first-order valence-electron chi connectivity index (χ1n) is 7.37. The lowest BCUT2D eigenvalue weighted by Gasteiger charge is -2.36. The van der Waals surface area contributed by atoms with Crippen LogP contribution in [0.3, 0.4) is 0 Å². The molecule has 2 heterocycles. The summed E-state index contributed by atoms with van der Waals surface area (Å²) in [6.45, 7) is 0.694. The van der Waals surface area contributed by atoms with Crippen LogP contribution in [0.1, 0.15) is 22.0 Å². The molecule has 120 valence electrons. The zero-order chi connectivity index (χ0) is 16.4. The molecule has 1 aromatic carbocycles. The van der Waals surface area contributed by atoms with E-state index >= 15 is 0 Å². The summed E-state index contributed by atoms with van der Waals surface area (Å²) in [7, 11) is 1.65. The Labute approximate surface area is 144 Å². The number of halogens is 1. The number of nitrogens with zero attached hydrogens (tertiary/aromatic N) is 2. The Morgan fingerprint density at radius 3 is 2.65 bits per heavy atom. The van der Waals surface area contributed by atoms with E-state index in [1.807, 2.05) is 40.9 Å². The van der Waals surface area contributed by atoms with Crippen molar-refractivity contribution >= 4 is 29.3 Å². The van der Waals surface area contributed by atoms with E-state index in [0.29, 0.717) is 17.1 Å². The first kappa shape index (κ1) is 16.1. The average molecular weight is 349 g/mol. The monoisotopic (exact) mass is 348 g/mol. The molecule has 1 aliphatic rings. The Bertz CT molecular complexity index is 773. The summed E-state index contributed by atoms with van der Waals surface area (Å²) in [5.41, 5.74) is 1.50. The fourth-order valence-electron chi connectivity index (χ4n) is 2.69. The molecule has 0 aliphatic carbocycles. The van der Waals surface area contributed by atoms with Gasteiger partial charge in [0.05, 0.1) is 11.6 Å². The summed E-state index contributed by atoms with van der Waals surface area (Å²) in [4.78, 5) is 26.3. The van der Waals surface area contributed by atoms with E-state index in [0.717, 1.165) is 17.1 Å². The average Bonchev–Trinajstić information content (AvgIpc) is 2.57. The van der Waals surface area contributed by atoms with Crippen LogP contribution in [0.2, 0.25) is 5.02 Å². The van der Waals surface area contributed by atoms with Crippen LogP contribution in [0.4, 0.5) is 0 Å². The normalized spacial score (nSPS) is 18.0. The van der Waals surface area contributed by atoms with Crippen molar-refractivity contribution in [3.63, 3.8) is 0 Å². The smallest absolute Gasteiger partial charge is 0.255 e. The molecule has 0 unspecified atom stereocenters. The highest BCUT2D eigenvalue weighted by atomic mass is 35.5. The summed E-state index contributed by atoms with van der Waals surface area (Å²) in [6, 6.07) is 10.7. The summed E-state index contributed by atoms with van der Waals surface area (Å²) < 4.78 is 1.43. The molecule has 23 heavy (non-hydrogen) atoms. The van der Waals surface area contributed by atoms with Gasteiger partial charge in [-0.3, -0.25) is 9.59 Å². The Morgan fingerprint density at radius 2 is 1.96 bits per heavy atom. The molecule has 0 spiro atoms. The minimum Gasteiger partial charge on any atom is -0.330 e. The highest BCUT2D eigenvalue weighted by molar-refractivity contribution is 7.99. The Morgan fingerprint density at radius 1 is 1.22 bits per heavy atom. The van der Waals surface area contributed by atoms with Crippen molar-refractivity contribution in [2.45, 2.75) is 6.04 Å². The number of carbonyl (C=O) groups is 1. The van der Waals surface area contributed by atoms with Crippen molar-refractivity contribution in [1.29, 1.82) is 0 Å². The van der Waals surface area contributed by atoms with Gasteiger partial charge in [0.15, 0.2) is 0 Å². The van der Waals surface area contributed by atoms with Crippen LogP contribution in [-0.4, -0.2) is 33.4 Å². The fourth-order valence-corrected chi connectivity index (χ4v) is 3.91. The number of benzene rings is 1. The van der Waals surface area contributed by atoms with E-state index in [4.69, 9.17) is 11.6 Å². The zero-order valence-corrected chi connectivity index (χ0v) is 14.3. The third-order valence-corrected chi connectivity index (χ3v) is 5.25. The van der Waals surface area contributed by atoms with Gasteiger partial charge in [-0.1, -0.05) is 23.7 Å². The molecule has 4 nitrogen and oxygen atoms in total. The van der Waals surface area contributed by atoms with Gasteiger partial charge in [-0.05, 0) is 23.8 Å². The van der Waals surface area contributed by atoms with Crippen molar-refractivity contribution in [2.75, 3.05) is 18.1 Å². The topological polar surface area (TPSA) is 42.3 Å². The molecule has 1 atom stereocenters. The number of carbonyl (C=O) groups excluding carboxylic acids is 1. The second kappa shape index (κ2) is 6.81. The van der Waals surface area contributed by atoms with Crippen LogP contribution in [-0.2, 0) is 7.05 Å². The highest BCUT2D eigenvalue weighted by Crippen LogP contribution is 2.31. The largest absolute Gasteiger partial charge is 0.330 e. The molecule has 6 heteroatoms. The molecule has 1 aromatic heterocycles. The Balaban J connectivity index is 1.91. The number of pyridine rings is 1. The van der Waals surface area contributed by atoms with E-state index in [1.165, 1.54) is 10.6 Å². The number of amides is 1. The van der Waals surface area contributed by atoms with Crippen LogP contribution in [0.5, 0.6) is 0 Å². The van der Waals surface area contributed by atoms with Crippen LogP contribution in [0.15, 0.2) is 47.4 Å². The van der Waals surface area contributed by atoms with Gasteiger partial charge < -0.3 is 9.47 Å². The summed E-state index contributed by atoms with van der Waals surface area (Å²) in [5.74, 6) is 1.74. The third kappa shape index (κ3) is 3.46. The quantitative estimate of drug-likeness (QED) is 0.838.